The molecule has 4 aromatic heterocycles. The first-order valence-electron chi connectivity index (χ1n) is 13.8. The van der Waals surface area contributed by atoms with Crippen molar-refractivity contribution in [2.24, 2.45) is 0 Å². The third kappa shape index (κ3) is 2.76. The van der Waals surface area contributed by atoms with Gasteiger partial charge in [0.2, 0.25) is 11.6 Å². The first-order valence-corrected chi connectivity index (χ1v) is 13.8. The summed E-state index contributed by atoms with van der Waals surface area (Å²) >= 11 is 0. The molecule has 0 saturated carbocycles. The van der Waals surface area contributed by atoms with E-state index in [0.29, 0.717) is 5.92 Å². The zero-order valence-corrected chi connectivity index (χ0v) is 22.2. The number of hydrogen-bond acceptors (Lipinski definition) is 2. The number of hydrogen-bond donors (Lipinski definition) is 0. The molecule has 0 bridgehead atoms. The second-order valence-corrected chi connectivity index (χ2v) is 11.0. The maximum atomic E-state index is 5.09. The van der Waals surface area contributed by atoms with E-state index in [1.165, 1.54) is 27.8 Å². The van der Waals surface area contributed by atoms with Crippen molar-refractivity contribution in [3.63, 3.8) is 0 Å². The smallest absolute Gasteiger partial charge is 0.223 e. The Hall–Kier alpha value is -5.16. The minimum Gasteiger partial charge on any atom is -0.276 e. The lowest BCUT2D eigenvalue weighted by atomic mass is 9.89. The van der Waals surface area contributed by atoms with E-state index in [-0.39, 0.29) is 0 Å². The molecule has 0 spiro atoms. The molecule has 4 heterocycles. The van der Waals surface area contributed by atoms with Crippen LogP contribution in [0.3, 0.4) is 0 Å². The van der Waals surface area contributed by atoms with Crippen LogP contribution >= 0.6 is 0 Å². The van der Waals surface area contributed by atoms with E-state index >= 15 is 0 Å². The average Bonchev–Trinajstić information content (AvgIpc) is 3.72. The molecule has 9 aromatic rings. The lowest BCUT2D eigenvalue weighted by Crippen LogP contribution is -1.94. The van der Waals surface area contributed by atoms with Crippen LogP contribution in [0.2, 0.25) is 0 Å². The van der Waals surface area contributed by atoms with Gasteiger partial charge in [-0.05, 0) is 76.2 Å². The standard InChI is InChI=1S/C35H25N5/c1-21(2)25-17-16-23(18-26(25)22-10-4-3-5-11-22)24-19-31-33-32(20-24)39-30-15-9-7-13-28(30)37-35(39)40(33)34-36-27-12-6-8-14-29(27)38(31)34/h3-21H,1-2H3. The number of fused-ring (bicyclic) bond motifs is 10. The summed E-state index contributed by atoms with van der Waals surface area (Å²) in [5.74, 6) is 2.21. The van der Waals surface area contributed by atoms with Crippen LogP contribution in [0.25, 0.3) is 72.4 Å². The van der Waals surface area contributed by atoms with Gasteiger partial charge >= 0.3 is 0 Å². The first kappa shape index (κ1) is 21.7. The minimum atomic E-state index is 0.426. The summed E-state index contributed by atoms with van der Waals surface area (Å²) in [7, 11) is 0. The highest BCUT2D eigenvalue weighted by atomic mass is 15.3. The molecule has 0 unspecified atom stereocenters. The second kappa shape index (κ2) is 7.70. The van der Waals surface area contributed by atoms with Gasteiger partial charge in [0.1, 0.15) is 5.52 Å². The molecule has 0 atom stereocenters. The van der Waals surface area contributed by atoms with Gasteiger partial charge in [0.25, 0.3) is 0 Å². The minimum absolute atomic E-state index is 0.426. The van der Waals surface area contributed by atoms with Crippen molar-refractivity contribution in [1.82, 2.24) is 23.2 Å². The van der Waals surface area contributed by atoms with Crippen LogP contribution < -0.4 is 0 Å². The summed E-state index contributed by atoms with van der Waals surface area (Å²) < 4.78 is 6.81. The highest BCUT2D eigenvalue weighted by Gasteiger charge is 2.24. The van der Waals surface area contributed by atoms with Crippen molar-refractivity contribution in [3.05, 3.63) is 115 Å². The quantitative estimate of drug-likeness (QED) is 0.236. The lowest BCUT2D eigenvalue weighted by Gasteiger charge is -2.15. The van der Waals surface area contributed by atoms with Gasteiger partial charge < -0.3 is 0 Å². The Labute approximate surface area is 229 Å². The van der Waals surface area contributed by atoms with E-state index < -0.39 is 0 Å². The highest BCUT2D eigenvalue weighted by Crippen LogP contribution is 2.39. The normalized spacial score (nSPS) is 12.5. The molecule has 0 aliphatic heterocycles. The number of nitrogens with zero attached hydrogens (tertiary/aromatic N) is 5. The number of aromatic nitrogens is 5. The molecule has 9 rings (SSSR count). The van der Waals surface area contributed by atoms with Gasteiger partial charge in [-0.3, -0.25) is 8.80 Å². The van der Waals surface area contributed by atoms with Crippen LogP contribution in [-0.4, -0.2) is 23.2 Å². The fourth-order valence-electron chi connectivity index (χ4n) is 6.54. The summed E-state index contributed by atoms with van der Waals surface area (Å²) in [5.41, 5.74) is 13.9. The van der Waals surface area contributed by atoms with Crippen molar-refractivity contribution in [2.75, 3.05) is 0 Å². The molecule has 5 nitrogen and oxygen atoms in total. The average molecular weight is 516 g/mol. The monoisotopic (exact) mass is 515 g/mol. The second-order valence-electron chi connectivity index (χ2n) is 11.0. The number of benzene rings is 5. The lowest BCUT2D eigenvalue weighted by molar-refractivity contribution is 0.869. The molecule has 0 aliphatic carbocycles. The number of para-hydroxylation sites is 4. The predicted octanol–water partition coefficient (Wildman–Crippen LogP) is 8.59. The summed E-state index contributed by atoms with van der Waals surface area (Å²) in [6.07, 6.45) is 0. The topological polar surface area (TPSA) is 39.0 Å². The molecular weight excluding hydrogens is 490 g/mol. The van der Waals surface area contributed by atoms with E-state index in [2.05, 4.69) is 136 Å². The Bertz CT molecular complexity index is 2280. The van der Waals surface area contributed by atoms with Gasteiger partial charge in [0.05, 0.1) is 33.1 Å². The molecule has 0 aliphatic rings. The van der Waals surface area contributed by atoms with Crippen LogP contribution in [0.4, 0.5) is 0 Å². The van der Waals surface area contributed by atoms with Crippen LogP contribution in [0, 0.1) is 0 Å². The van der Waals surface area contributed by atoms with Crippen LogP contribution in [0.5, 0.6) is 0 Å². The Morgan fingerprint density at radius 3 is 1.68 bits per heavy atom. The summed E-state index contributed by atoms with van der Waals surface area (Å²) in [4.78, 5) is 10.2. The maximum absolute atomic E-state index is 5.09. The van der Waals surface area contributed by atoms with Gasteiger partial charge in [-0.1, -0.05) is 80.6 Å². The molecule has 5 heteroatoms. The molecule has 190 valence electrons. The molecule has 0 amide bonds. The van der Waals surface area contributed by atoms with Gasteiger partial charge in [-0.15, -0.1) is 0 Å². The van der Waals surface area contributed by atoms with E-state index in [1.54, 1.807) is 0 Å². The van der Waals surface area contributed by atoms with Crippen molar-refractivity contribution in [3.8, 4) is 22.3 Å². The van der Waals surface area contributed by atoms with Crippen molar-refractivity contribution in [2.45, 2.75) is 19.8 Å². The number of imidazole rings is 4. The molecule has 5 aromatic carbocycles. The van der Waals surface area contributed by atoms with Crippen LogP contribution in [0.15, 0.2) is 109 Å². The van der Waals surface area contributed by atoms with Gasteiger partial charge in [0.15, 0.2) is 0 Å². The number of rotatable bonds is 3. The van der Waals surface area contributed by atoms with Crippen LogP contribution in [0.1, 0.15) is 25.3 Å². The highest BCUT2D eigenvalue weighted by molar-refractivity contribution is 6.06. The first-order chi connectivity index (χ1) is 19.7. The summed E-state index contributed by atoms with van der Waals surface area (Å²) in [6, 6.07) is 39.1. The zero-order valence-electron chi connectivity index (χ0n) is 22.2. The van der Waals surface area contributed by atoms with Gasteiger partial charge in [0, 0.05) is 0 Å². The molecule has 0 saturated heterocycles. The van der Waals surface area contributed by atoms with E-state index in [0.717, 1.165) is 50.2 Å². The van der Waals surface area contributed by atoms with E-state index in [4.69, 9.17) is 9.97 Å². The maximum Gasteiger partial charge on any atom is 0.223 e. The zero-order chi connectivity index (χ0) is 26.5. The Morgan fingerprint density at radius 2 is 1.07 bits per heavy atom. The summed E-state index contributed by atoms with van der Waals surface area (Å²) in [6.45, 7) is 4.53. The molecule has 0 N–H and O–H groups in total. The van der Waals surface area contributed by atoms with Crippen molar-refractivity contribution in [1.29, 1.82) is 0 Å². The fraction of sp³-hybridized carbons (Fsp3) is 0.0857. The summed E-state index contributed by atoms with van der Waals surface area (Å²) in [5, 5.41) is 0. The molecule has 0 radical (unpaired) electrons. The predicted molar refractivity (Wildman–Crippen MR) is 164 cm³/mol. The third-order valence-electron chi connectivity index (χ3n) is 8.35. The Morgan fingerprint density at radius 1 is 0.500 bits per heavy atom. The van der Waals surface area contributed by atoms with E-state index in [9.17, 15) is 0 Å². The van der Waals surface area contributed by atoms with Crippen LogP contribution in [-0.2, 0) is 0 Å². The Kier molecular flexibility index (Phi) is 4.19. The molecule has 0 fully saturated rings. The largest absolute Gasteiger partial charge is 0.276 e. The Balaban J connectivity index is 1.44. The van der Waals surface area contributed by atoms with Crippen molar-refractivity contribution >= 4 is 50.2 Å². The SMILES string of the molecule is CC(C)c1ccc(-c2cc3c4c(c2)n2c5ccccc5nc2n4c2nc4ccccc4n32)cc1-c1ccccc1. The molecule has 40 heavy (non-hydrogen) atoms. The fourth-order valence-corrected chi connectivity index (χ4v) is 6.54. The van der Waals surface area contributed by atoms with E-state index in [1.807, 2.05) is 0 Å². The van der Waals surface area contributed by atoms with Gasteiger partial charge in [-0.25, -0.2) is 14.4 Å². The van der Waals surface area contributed by atoms with Crippen molar-refractivity contribution < 1.29 is 0 Å². The van der Waals surface area contributed by atoms with Gasteiger partial charge in [-0.2, -0.15) is 0 Å². The molecular formula is C35H25N5. The third-order valence-corrected chi connectivity index (χ3v) is 8.35.